The van der Waals surface area contributed by atoms with Crippen LogP contribution in [0.2, 0.25) is 0 Å². The fourth-order valence-corrected chi connectivity index (χ4v) is 2.95. The first-order chi connectivity index (χ1) is 9.75. The van der Waals surface area contributed by atoms with E-state index >= 15 is 0 Å². The Morgan fingerprint density at radius 2 is 1.25 bits per heavy atom. The summed E-state index contributed by atoms with van der Waals surface area (Å²) in [6, 6.07) is 15.8. The molecule has 1 heterocycles. The van der Waals surface area contributed by atoms with Crippen molar-refractivity contribution in [2.75, 3.05) is 0 Å². The minimum Gasteiger partial charge on any atom is -0.389 e. The van der Waals surface area contributed by atoms with Crippen LogP contribution in [0.4, 0.5) is 0 Å². The normalized spacial score (nSPS) is 16.2. The Labute approximate surface area is 115 Å². The van der Waals surface area contributed by atoms with E-state index in [4.69, 9.17) is 0 Å². The van der Waals surface area contributed by atoms with Crippen molar-refractivity contribution >= 4 is 17.5 Å². The Morgan fingerprint density at radius 3 is 1.70 bits per heavy atom. The highest BCUT2D eigenvalue weighted by Crippen LogP contribution is 2.46. The van der Waals surface area contributed by atoms with Crippen molar-refractivity contribution in [3.8, 4) is 11.1 Å². The Hall–Kier alpha value is -2.68. The summed E-state index contributed by atoms with van der Waals surface area (Å²) in [5.74, 6) is -0.990. The lowest BCUT2D eigenvalue weighted by molar-refractivity contribution is -0.151. The van der Waals surface area contributed by atoms with Crippen LogP contribution in [-0.4, -0.2) is 11.9 Å². The third-order valence-corrected chi connectivity index (χ3v) is 3.76. The van der Waals surface area contributed by atoms with Crippen molar-refractivity contribution < 1.29 is 14.3 Å². The summed E-state index contributed by atoms with van der Waals surface area (Å²) in [6.07, 6.45) is 0.0524. The van der Waals surface area contributed by atoms with E-state index in [0.717, 1.165) is 27.8 Å². The van der Waals surface area contributed by atoms with Crippen LogP contribution in [0.25, 0.3) is 16.7 Å². The molecule has 0 N–H and O–H groups in total. The fourth-order valence-electron chi connectivity index (χ4n) is 2.95. The number of rotatable bonds is 0. The number of ether oxygens (including phenoxy) is 1. The van der Waals surface area contributed by atoms with Crippen LogP contribution in [0.3, 0.4) is 0 Å². The molecule has 1 aliphatic carbocycles. The van der Waals surface area contributed by atoms with Gasteiger partial charge >= 0.3 is 11.9 Å². The Morgan fingerprint density at radius 1 is 0.750 bits per heavy atom. The summed E-state index contributed by atoms with van der Waals surface area (Å²) >= 11 is 0. The van der Waals surface area contributed by atoms with E-state index in [9.17, 15) is 9.59 Å². The standard InChI is InChI=1S/C17H10O3/c18-15-9-14(17(19)20-15)16-12-7-3-1-5-10(12)11-6-2-4-8-13(11)16/h1-8H,9H2. The molecule has 2 aliphatic rings. The number of carbonyl (C=O) groups excluding carboxylic acids is 2. The van der Waals surface area contributed by atoms with Crippen molar-refractivity contribution in [3.05, 3.63) is 65.2 Å². The van der Waals surface area contributed by atoms with Gasteiger partial charge in [0.15, 0.2) is 0 Å². The van der Waals surface area contributed by atoms with E-state index in [1.165, 1.54) is 0 Å². The summed E-state index contributed by atoms with van der Waals surface area (Å²) in [4.78, 5) is 23.3. The Bertz CT molecular complexity index is 752. The number of carbonyl (C=O) groups is 2. The van der Waals surface area contributed by atoms with Crippen molar-refractivity contribution in [2.45, 2.75) is 6.42 Å². The van der Waals surface area contributed by atoms with E-state index in [1.54, 1.807) is 0 Å². The molecule has 0 aromatic heterocycles. The van der Waals surface area contributed by atoms with Crippen molar-refractivity contribution in [1.82, 2.24) is 0 Å². The summed E-state index contributed by atoms with van der Waals surface area (Å²) in [5.41, 5.74) is 5.49. The van der Waals surface area contributed by atoms with Crippen LogP contribution in [0.1, 0.15) is 17.5 Å². The van der Waals surface area contributed by atoms with Crippen molar-refractivity contribution in [3.63, 3.8) is 0 Å². The molecule has 0 saturated carbocycles. The first-order valence-electron chi connectivity index (χ1n) is 6.43. The molecule has 1 saturated heterocycles. The Balaban J connectivity index is 2.08. The zero-order chi connectivity index (χ0) is 13.7. The molecule has 20 heavy (non-hydrogen) atoms. The van der Waals surface area contributed by atoms with E-state index in [1.807, 2.05) is 48.5 Å². The van der Waals surface area contributed by atoms with Gasteiger partial charge in [0.2, 0.25) is 0 Å². The second kappa shape index (κ2) is 3.90. The van der Waals surface area contributed by atoms with Gasteiger partial charge in [0, 0.05) is 5.57 Å². The molecule has 3 nitrogen and oxygen atoms in total. The number of benzene rings is 2. The highest BCUT2D eigenvalue weighted by Gasteiger charge is 2.34. The molecule has 0 spiro atoms. The van der Waals surface area contributed by atoms with Gasteiger partial charge < -0.3 is 4.74 Å². The maximum atomic E-state index is 11.9. The second-order valence-corrected chi connectivity index (χ2v) is 4.88. The van der Waals surface area contributed by atoms with Gasteiger partial charge in [-0.2, -0.15) is 0 Å². The Kier molecular flexibility index (Phi) is 2.18. The lowest BCUT2D eigenvalue weighted by Gasteiger charge is -2.04. The van der Waals surface area contributed by atoms with Gasteiger partial charge in [-0.25, -0.2) is 4.79 Å². The summed E-state index contributed by atoms with van der Waals surface area (Å²) in [5, 5.41) is 0. The maximum absolute atomic E-state index is 11.9. The molecule has 0 atom stereocenters. The third-order valence-electron chi connectivity index (χ3n) is 3.76. The van der Waals surface area contributed by atoms with Crippen LogP contribution in [-0.2, 0) is 14.3 Å². The maximum Gasteiger partial charge on any atom is 0.342 e. The molecule has 3 heteroatoms. The molecule has 0 bridgehead atoms. The number of hydrogen-bond donors (Lipinski definition) is 0. The zero-order valence-corrected chi connectivity index (χ0v) is 10.6. The van der Waals surface area contributed by atoms with Crippen molar-refractivity contribution in [2.24, 2.45) is 0 Å². The number of esters is 2. The largest absolute Gasteiger partial charge is 0.389 e. The first kappa shape index (κ1) is 11.2. The molecule has 0 amide bonds. The molecular formula is C17H10O3. The van der Waals surface area contributed by atoms with Gasteiger partial charge in [0.05, 0.1) is 12.0 Å². The van der Waals surface area contributed by atoms with Gasteiger partial charge in [-0.3, -0.25) is 4.79 Å². The predicted octanol–water partition coefficient (Wildman–Crippen LogP) is 2.94. The zero-order valence-electron chi connectivity index (χ0n) is 10.6. The highest BCUT2D eigenvalue weighted by molar-refractivity contribution is 6.16. The predicted molar refractivity (Wildman–Crippen MR) is 73.6 cm³/mol. The number of fused-ring (bicyclic) bond motifs is 3. The van der Waals surface area contributed by atoms with E-state index in [2.05, 4.69) is 4.74 Å². The average molecular weight is 262 g/mol. The SMILES string of the molecule is O=C1CC(=C2c3ccccc3-c3ccccc32)C(=O)O1. The smallest absolute Gasteiger partial charge is 0.342 e. The monoisotopic (exact) mass is 262 g/mol. The van der Waals surface area contributed by atoms with E-state index < -0.39 is 11.9 Å². The van der Waals surface area contributed by atoms with Crippen LogP contribution in [0.5, 0.6) is 0 Å². The second-order valence-electron chi connectivity index (χ2n) is 4.88. The molecule has 0 radical (unpaired) electrons. The minimum atomic E-state index is -0.517. The number of hydrogen-bond acceptors (Lipinski definition) is 3. The first-order valence-corrected chi connectivity index (χ1v) is 6.43. The van der Waals surface area contributed by atoms with Crippen LogP contribution >= 0.6 is 0 Å². The molecule has 1 aliphatic heterocycles. The average Bonchev–Trinajstić information content (AvgIpc) is 2.96. The van der Waals surface area contributed by atoms with Gasteiger partial charge in [-0.15, -0.1) is 0 Å². The minimum absolute atomic E-state index is 0.0524. The van der Waals surface area contributed by atoms with E-state index in [0.29, 0.717) is 5.57 Å². The van der Waals surface area contributed by atoms with Gasteiger partial charge in [0.1, 0.15) is 0 Å². The number of cyclic esters (lactones) is 2. The fraction of sp³-hybridized carbons (Fsp3) is 0.0588. The third kappa shape index (κ3) is 1.40. The lowest BCUT2D eigenvalue weighted by Crippen LogP contribution is -1.99. The van der Waals surface area contributed by atoms with Crippen LogP contribution in [0.15, 0.2) is 54.1 Å². The summed E-state index contributed by atoms with van der Waals surface area (Å²) in [6.45, 7) is 0. The van der Waals surface area contributed by atoms with Gasteiger partial charge in [0.25, 0.3) is 0 Å². The molecule has 1 fully saturated rings. The molecule has 0 unspecified atom stereocenters. The van der Waals surface area contributed by atoms with Gasteiger partial charge in [-0.05, 0) is 22.3 Å². The quantitative estimate of drug-likeness (QED) is 0.355. The van der Waals surface area contributed by atoms with Crippen molar-refractivity contribution in [1.29, 1.82) is 0 Å². The molecule has 4 rings (SSSR count). The summed E-state index contributed by atoms with van der Waals surface area (Å²) < 4.78 is 4.68. The van der Waals surface area contributed by atoms with E-state index in [-0.39, 0.29) is 6.42 Å². The topological polar surface area (TPSA) is 43.4 Å². The lowest BCUT2D eigenvalue weighted by atomic mass is 9.97. The molecule has 2 aromatic rings. The molecule has 2 aromatic carbocycles. The summed E-state index contributed by atoms with van der Waals surface area (Å²) in [7, 11) is 0. The van der Waals surface area contributed by atoms with Crippen LogP contribution in [0, 0.1) is 0 Å². The van der Waals surface area contributed by atoms with Gasteiger partial charge in [-0.1, -0.05) is 48.5 Å². The molecule has 96 valence electrons. The van der Waals surface area contributed by atoms with Crippen LogP contribution < -0.4 is 0 Å². The molecular weight excluding hydrogens is 252 g/mol. The highest BCUT2D eigenvalue weighted by atomic mass is 16.6.